The van der Waals surface area contributed by atoms with Gasteiger partial charge in [0.2, 0.25) is 5.91 Å². The fourth-order valence-electron chi connectivity index (χ4n) is 2.40. The second-order valence-electron chi connectivity index (χ2n) is 5.56. The van der Waals surface area contributed by atoms with Crippen LogP contribution in [0.5, 0.6) is 0 Å². The number of hydrogen-bond donors (Lipinski definition) is 1. The topological polar surface area (TPSA) is 59.8 Å². The number of amides is 1. The third-order valence-electron chi connectivity index (χ3n) is 3.66. The SMILES string of the molecule is Cn1c(SCC(=O)Nc2ccccc2SC(F)F)nnc1-c1ccccc1F. The van der Waals surface area contributed by atoms with Gasteiger partial charge in [-0.25, -0.2) is 4.39 Å². The molecule has 0 aliphatic carbocycles. The largest absolute Gasteiger partial charge is 0.324 e. The molecule has 0 aliphatic rings. The first kappa shape index (κ1) is 20.3. The summed E-state index contributed by atoms with van der Waals surface area (Å²) in [6.45, 7) is 0. The normalized spacial score (nSPS) is 11.0. The van der Waals surface area contributed by atoms with Gasteiger partial charge in [0.1, 0.15) is 5.82 Å². The first-order valence-electron chi connectivity index (χ1n) is 8.06. The molecule has 2 aromatic carbocycles. The molecule has 0 radical (unpaired) electrons. The van der Waals surface area contributed by atoms with E-state index in [4.69, 9.17) is 0 Å². The lowest BCUT2D eigenvalue weighted by atomic mass is 10.2. The maximum atomic E-state index is 13.9. The van der Waals surface area contributed by atoms with E-state index in [-0.39, 0.29) is 16.6 Å². The summed E-state index contributed by atoms with van der Waals surface area (Å²) in [7, 11) is 1.68. The molecular weight excluding hydrogens is 409 g/mol. The van der Waals surface area contributed by atoms with Crippen molar-refractivity contribution in [1.82, 2.24) is 14.8 Å². The molecule has 1 N–H and O–H groups in total. The molecule has 0 saturated carbocycles. The Hall–Kier alpha value is -2.46. The standard InChI is InChI=1S/C18H15F3N4OS2/c1-25-16(11-6-2-3-7-12(11)19)23-24-18(25)27-10-15(26)22-13-8-4-5-9-14(13)28-17(20)21/h2-9,17H,10H2,1H3,(H,22,26). The van der Waals surface area contributed by atoms with Crippen LogP contribution in [0.3, 0.4) is 0 Å². The van der Waals surface area contributed by atoms with Crippen molar-refractivity contribution in [3.8, 4) is 11.4 Å². The molecule has 0 bridgehead atoms. The van der Waals surface area contributed by atoms with Crippen LogP contribution in [0.15, 0.2) is 58.6 Å². The van der Waals surface area contributed by atoms with Gasteiger partial charge in [0, 0.05) is 11.9 Å². The van der Waals surface area contributed by atoms with Gasteiger partial charge in [-0.15, -0.1) is 10.2 Å². The van der Waals surface area contributed by atoms with Crippen molar-refractivity contribution in [3.05, 3.63) is 54.3 Å². The zero-order valence-corrected chi connectivity index (χ0v) is 16.2. The van der Waals surface area contributed by atoms with E-state index in [1.54, 1.807) is 48.0 Å². The maximum Gasteiger partial charge on any atom is 0.288 e. The van der Waals surface area contributed by atoms with E-state index < -0.39 is 11.6 Å². The summed E-state index contributed by atoms with van der Waals surface area (Å²) in [4.78, 5) is 12.5. The smallest absolute Gasteiger partial charge is 0.288 e. The van der Waals surface area contributed by atoms with E-state index in [1.165, 1.54) is 12.1 Å². The van der Waals surface area contributed by atoms with E-state index in [1.807, 2.05) is 0 Å². The van der Waals surface area contributed by atoms with Gasteiger partial charge in [0.15, 0.2) is 11.0 Å². The van der Waals surface area contributed by atoms with Crippen LogP contribution in [-0.2, 0) is 11.8 Å². The molecule has 1 heterocycles. The fraction of sp³-hybridized carbons (Fsp3) is 0.167. The Bertz CT molecular complexity index is 981. The van der Waals surface area contributed by atoms with E-state index >= 15 is 0 Å². The molecule has 1 amide bonds. The van der Waals surface area contributed by atoms with Crippen LogP contribution in [0.1, 0.15) is 0 Å². The van der Waals surface area contributed by atoms with Crippen molar-refractivity contribution < 1.29 is 18.0 Å². The molecule has 10 heteroatoms. The Kier molecular flexibility index (Phi) is 6.63. The lowest BCUT2D eigenvalue weighted by molar-refractivity contribution is -0.113. The predicted octanol–water partition coefficient (Wildman–Crippen LogP) is 4.67. The average Bonchev–Trinajstić information content (AvgIpc) is 3.02. The number of hydrogen-bond acceptors (Lipinski definition) is 5. The van der Waals surface area contributed by atoms with Gasteiger partial charge in [-0.2, -0.15) is 8.78 Å². The number of halogens is 3. The summed E-state index contributed by atoms with van der Waals surface area (Å²) in [5, 5.41) is 11.0. The van der Waals surface area contributed by atoms with Crippen LogP contribution >= 0.6 is 23.5 Å². The number of nitrogens with one attached hydrogen (secondary N) is 1. The minimum absolute atomic E-state index is 0.00305. The number of thioether (sulfide) groups is 2. The molecule has 0 aliphatic heterocycles. The number of anilines is 1. The van der Waals surface area contributed by atoms with Crippen molar-refractivity contribution in [2.75, 3.05) is 11.1 Å². The first-order valence-corrected chi connectivity index (χ1v) is 9.93. The Balaban J connectivity index is 1.66. The molecular formula is C18H15F3N4OS2. The molecule has 0 unspecified atom stereocenters. The van der Waals surface area contributed by atoms with Gasteiger partial charge < -0.3 is 9.88 Å². The van der Waals surface area contributed by atoms with E-state index in [0.717, 1.165) is 11.8 Å². The Morgan fingerprint density at radius 3 is 2.61 bits per heavy atom. The third-order valence-corrected chi connectivity index (χ3v) is 5.47. The number of carbonyl (C=O) groups excluding carboxylic acids is 1. The van der Waals surface area contributed by atoms with E-state index in [0.29, 0.717) is 34.0 Å². The minimum Gasteiger partial charge on any atom is -0.324 e. The van der Waals surface area contributed by atoms with Gasteiger partial charge in [-0.1, -0.05) is 47.8 Å². The van der Waals surface area contributed by atoms with Crippen molar-refractivity contribution >= 4 is 35.1 Å². The molecule has 0 spiro atoms. The van der Waals surface area contributed by atoms with Crippen LogP contribution in [0.25, 0.3) is 11.4 Å². The quantitative estimate of drug-likeness (QED) is 0.559. The van der Waals surface area contributed by atoms with Crippen molar-refractivity contribution in [3.63, 3.8) is 0 Å². The summed E-state index contributed by atoms with van der Waals surface area (Å²) in [6.07, 6.45) is 0. The fourth-order valence-corrected chi connectivity index (χ4v) is 3.71. The Morgan fingerprint density at radius 2 is 1.86 bits per heavy atom. The number of aromatic nitrogens is 3. The second kappa shape index (κ2) is 9.16. The summed E-state index contributed by atoms with van der Waals surface area (Å²) in [5.74, 6) is -3.03. The van der Waals surface area contributed by atoms with Crippen LogP contribution in [0.4, 0.5) is 18.9 Å². The van der Waals surface area contributed by atoms with Crippen LogP contribution < -0.4 is 5.32 Å². The number of benzene rings is 2. The molecule has 146 valence electrons. The zero-order valence-electron chi connectivity index (χ0n) is 14.6. The van der Waals surface area contributed by atoms with Gasteiger partial charge in [-0.3, -0.25) is 4.79 Å². The maximum absolute atomic E-state index is 13.9. The van der Waals surface area contributed by atoms with Crippen molar-refractivity contribution in [1.29, 1.82) is 0 Å². The van der Waals surface area contributed by atoms with Crippen LogP contribution in [-0.4, -0.2) is 32.2 Å². The predicted molar refractivity (Wildman–Crippen MR) is 104 cm³/mol. The summed E-state index contributed by atoms with van der Waals surface area (Å²) in [5.41, 5.74) is 0.634. The van der Waals surface area contributed by atoms with Gasteiger partial charge >= 0.3 is 0 Å². The van der Waals surface area contributed by atoms with Crippen LogP contribution in [0, 0.1) is 5.82 Å². The highest BCUT2D eigenvalue weighted by Crippen LogP contribution is 2.32. The van der Waals surface area contributed by atoms with E-state index in [9.17, 15) is 18.0 Å². The number of para-hydroxylation sites is 1. The number of rotatable bonds is 7. The monoisotopic (exact) mass is 424 g/mol. The third kappa shape index (κ3) is 4.87. The minimum atomic E-state index is -2.58. The van der Waals surface area contributed by atoms with Crippen molar-refractivity contribution in [2.24, 2.45) is 7.05 Å². The second-order valence-corrected chi connectivity index (χ2v) is 7.53. The number of carbonyl (C=O) groups is 1. The zero-order chi connectivity index (χ0) is 20.1. The molecule has 0 atom stereocenters. The Labute approximate surface area is 167 Å². The molecule has 3 rings (SSSR count). The summed E-state index contributed by atoms with van der Waals surface area (Å²) in [6, 6.07) is 12.6. The highest BCUT2D eigenvalue weighted by Gasteiger charge is 2.16. The van der Waals surface area contributed by atoms with E-state index in [2.05, 4.69) is 15.5 Å². The summed E-state index contributed by atoms with van der Waals surface area (Å²) >= 11 is 1.48. The number of alkyl halides is 2. The molecule has 1 aromatic heterocycles. The molecule has 0 saturated heterocycles. The highest BCUT2D eigenvalue weighted by molar-refractivity contribution is 8.00. The molecule has 28 heavy (non-hydrogen) atoms. The molecule has 3 aromatic rings. The molecule has 5 nitrogen and oxygen atoms in total. The average molecular weight is 424 g/mol. The lowest BCUT2D eigenvalue weighted by Gasteiger charge is -2.10. The van der Waals surface area contributed by atoms with Gasteiger partial charge in [-0.05, 0) is 24.3 Å². The Morgan fingerprint density at radius 1 is 1.14 bits per heavy atom. The number of nitrogens with zero attached hydrogens (tertiary/aromatic N) is 3. The lowest BCUT2D eigenvalue weighted by Crippen LogP contribution is -2.15. The van der Waals surface area contributed by atoms with Gasteiger partial charge in [0.05, 0.1) is 17.0 Å². The first-order chi connectivity index (χ1) is 13.5. The summed E-state index contributed by atoms with van der Waals surface area (Å²) < 4.78 is 40.8. The van der Waals surface area contributed by atoms with Crippen LogP contribution in [0.2, 0.25) is 0 Å². The van der Waals surface area contributed by atoms with Crippen molar-refractivity contribution in [2.45, 2.75) is 15.8 Å². The highest BCUT2D eigenvalue weighted by atomic mass is 32.2. The van der Waals surface area contributed by atoms with Gasteiger partial charge in [0.25, 0.3) is 5.76 Å². The molecule has 0 fully saturated rings.